The van der Waals surface area contributed by atoms with Crippen LogP contribution in [0.25, 0.3) is 0 Å². The average molecular weight is 420 g/mol. The summed E-state index contributed by atoms with van der Waals surface area (Å²) in [5, 5.41) is 5.31. The number of furan rings is 1. The summed E-state index contributed by atoms with van der Waals surface area (Å²) in [7, 11) is 0. The molecule has 0 aliphatic rings. The van der Waals surface area contributed by atoms with E-state index in [0.717, 1.165) is 19.3 Å². The van der Waals surface area contributed by atoms with Crippen molar-refractivity contribution in [2.75, 3.05) is 17.2 Å². The zero-order valence-corrected chi connectivity index (χ0v) is 17.2. The minimum Gasteiger partial charge on any atom is -0.459 e. The largest absolute Gasteiger partial charge is 0.459 e. The van der Waals surface area contributed by atoms with Gasteiger partial charge in [0.05, 0.1) is 17.5 Å². The van der Waals surface area contributed by atoms with Gasteiger partial charge in [0, 0.05) is 5.69 Å². The fraction of sp³-hybridized carbons (Fsp3) is 0.208. The van der Waals surface area contributed by atoms with Crippen LogP contribution >= 0.6 is 0 Å². The Morgan fingerprint density at radius 3 is 2.42 bits per heavy atom. The molecule has 3 rings (SSSR count). The number of ether oxygens (including phenoxy) is 1. The van der Waals surface area contributed by atoms with E-state index in [-0.39, 0.29) is 17.0 Å². The number of hydrogen-bond donors (Lipinski definition) is 2. The number of para-hydroxylation sites is 1. The standard InChI is InChI=1S/C24H24N2O5/c1-2-3-7-17-11-13-18(14-12-17)25-22(27)16-31-24(29)19-8-4-5-9-20(19)26-23(28)21-10-6-15-30-21/h4-6,8-15H,2-3,7,16H2,1H3,(H,25,27)(H,26,28). The van der Waals surface area contributed by atoms with Crippen molar-refractivity contribution < 1.29 is 23.5 Å². The highest BCUT2D eigenvalue weighted by molar-refractivity contribution is 6.07. The van der Waals surface area contributed by atoms with Gasteiger partial charge in [-0.25, -0.2) is 4.79 Å². The molecule has 1 aromatic heterocycles. The smallest absolute Gasteiger partial charge is 0.340 e. The van der Waals surface area contributed by atoms with Gasteiger partial charge in [0.25, 0.3) is 11.8 Å². The molecule has 0 spiro atoms. The molecule has 0 aliphatic carbocycles. The summed E-state index contributed by atoms with van der Waals surface area (Å²) >= 11 is 0. The van der Waals surface area contributed by atoms with E-state index in [0.29, 0.717) is 5.69 Å². The lowest BCUT2D eigenvalue weighted by atomic mass is 10.1. The summed E-state index contributed by atoms with van der Waals surface area (Å²) in [5.41, 5.74) is 2.24. The first kappa shape index (κ1) is 21.8. The SMILES string of the molecule is CCCCc1ccc(NC(=O)COC(=O)c2ccccc2NC(=O)c2ccco2)cc1. The van der Waals surface area contributed by atoms with E-state index in [1.165, 1.54) is 24.0 Å². The maximum absolute atomic E-state index is 12.5. The second kappa shape index (κ2) is 10.8. The van der Waals surface area contributed by atoms with Crippen molar-refractivity contribution in [2.45, 2.75) is 26.2 Å². The quantitative estimate of drug-likeness (QED) is 0.490. The van der Waals surface area contributed by atoms with Gasteiger partial charge in [-0.1, -0.05) is 37.6 Å². The van der Waals surface area contributed by atoms with Gasteiger partial charge in [-0.2, -0.15) is 0 Å². The van der Waals surface area contributed by atoms with Crippen LogP contribution in [0.5, 0.6) is 0 Å². The third-order valence-electron chi connectivity index (χ3n) is 4.53. The topological polar surface area (TPSA) is 97.6 Å². The van der Waals surface area contributed by atoms with Crippen LogP contribution in [0.3, 0.4) is 0 Å². The van der Waals surface area contributed by atoms with Crippen LogP contribution in [-0.4, -0.2) is 24.4 Å². The van der Waals surface area contributed by atoms with Gasteiger partial charge in [0.1, 0.15) is 0 Å². The Hall–Kier alpha value is -3.87. The number of rotatable bonds is 9. The van der Waals surface area contributed by atoms with Crippen molar-refractivity contribution in [3.05, 3.63) is 83.8 Å². The molecule has 0 saturated heterocycles. The third kappa shape index (κ3) is 6.30. The zero-order valence-electron chi connectivity index (χ0n) is 17.2. The summed E-state index contributed by atoms with van der Waals surface area (Å²) in [6.45, 7) is 1.69. The molecule has 0 aliphatic heterocycles. The predicted octanol–water partition coefficient (Wildman–Crippen LogP) is 4.67. The molecular formula is C24H24N2O5. The second-order valence-electron chi connectivity index (χ2n) is 6.90. The molecule has 2 N–H and O–H groups in total. The first-order valence-electron chi connectivity index (χ1n) is 10.1. The number of anilines is 2. The number of carbonyl (C=O) groups is 3. The van der Waals surface area contributed by atoms with Gasteiger partial charge in [0.2, 0.25) is 0 Å². The highest BCUT2D eigenvalue weighted by Crippen LogP contribution is 2.18. The molecule has 0 fully saturated rings. The second-order valence-corrected chi connectivity index (χ2v) is 6.90. The van der Waals surface area contributed by atoms with Crippen molar-refractivity contribution in [1.82, 2.24) is 0 Å². The lowest BCUT2D eigenvalue weighted by Gasteiger charge is -2.11. The third-order valence-corrected chi connectivity index (χ3v) is 4.53. The van der Waals surface area contributed by atoms with Crippen LogP contribution in [0, 0.1) is 0 Å². The van der Waals surface area contributed by atoms with Crippen molar-refractivity contribution in [2.24, 2.45) is 0 Å². The molecule has 0 atom stereocenters. The molecule has 2 aromatic carbocycles. The van der Waals surface area contributed by atoms with Crippen LogP contribution in [0.2, 0.25) is 0 Å². The first-order chi connectivity index (χ1) is 15.1. The van der Waals surface area contributed by atoms with Crippen molar-refractivity contribution in [3.8, 4) is 0 Å². The van der Waals surface area contributed by atoms with E-state index in [2.05, 4.69) is 17.6 Å². The Balaban J connectivity index is 1.54. The summed E-state index contributed by atoms with van der Waals surface area (Å²) in [4.78, 5) is 36.8. The van der Waals surface area contributed by atoms with Crippen LogP contribution in [-0.2, 0) is 16.0 Å². The van der Waals surface area contributed by atoms with Gasteiger partial charge in [-0.3, -0.25) is 9.59 Å². The molecule has 0 unspecified atom stereocenters. The number of unbranched alkanes of at least 4 members (excludes halogenated alkanes) is 1. The summed E-state index contributed by atoms with van der Waals surface area (Å²) in [5.74, 6) is -1.55. The van der Waals surface area contributed by atoms with E-state index in [1.807, 2.05) is 24.3 Å². The highest BCUT2D eigenvalue weighted by Gasteiger charge is 2.17. The molecular weight excluding hydrogens is 396 g/mol. The number of amides is 2. The maximum Gasteiger partial charge on any atom is 0.340 e. The minimum atomic E-state index is -0.722. The maximum atomic E-state index is 12.5. The monoisotopic (exact) mass is 420 g/mol. The molecule has 7 nitrogen and oxygen atoms in total. The fourth-order valence-electron chi connectivity index (χ4n) is 2.90. The number of nitrogens with one attached hydrogen (secondary N) is 2. The molecule has 31 heavy (non-hydrogen) atoms. The van der Waals surface area contributed by atoms with Gasteiger partial charge >= 0.3 is 5.97 Å². The normalized spacial score (nSPS) is 10.4. The highest BCUT2D eigenvalue weighted by atomic mass is 16.5. The van der Waals surface area contributed by atoms with Gasteiger partial charge < -0.3 is 19.8 Å². The zero-order chi connectivity index (χ0) is 22.1. The van der Waals surface area contributed by atoms with Gasteiger partial charge in [-0.15, -0.1) is 0 Å². The molecule has 0 bridgehead atoms. The number of carbonyl (C=O) groups excluding carboxylic acids is 3. The Labute approximate surface area is 180 Å². The van der Waals surface area contributed by atoms with Crippen LogP contribution in [0.4, 0.5) is 11.4 Å². The molecule has 1 heterocycles. The number of benzene rings is 2. The summed E-state index contributed by atoms with van der Waals surface area (Å²) in [6.07, 6.45) is 4.62. The molecule has 2 amide bonds. The summed E-state index contributed by atoms with van der Waals surface area (Å²) in [6, 6.07) is 17.1. The van der Waals surface area contributed by atoms with E-state index < -0.39 is 24.4 Å². The lowest BCUT2D eigenvalue weighted by Crippen LogP contribution is -2.22. The first-order valence-corrected chi connectivity index (χ1v) is 10.1. The minimum absolute atomic E-state index is 0.114. The molecule has 0 radical (unpaired) electrons. The lowest BCUT2D eigenvalue weighted by molar-refractivity contribution is -0.119. The molecule has 160 valence electrons. The van der Waals surface area contributed by atoms with Crippen molar-refractivity contribution in [3.63, 3.8) is 0 Å². The molecule has 7 heteroatoms. The Morgan fingerprint density at radius 1 is 0.935 bits per heavy atom. The van der Waals surface area contributed by atoms with Crippen molar-refractivity contribution >= 4 is 29.2 Å². The van der Waals surface area contributed by atoms with Gasteiger partial charge in [-0.05, 0) is 54.8 Å². The van der Waals surface area contributed by atoms with Crippen LogP contribution in [0.1, 0.15) is 46.2 Å². The summed E-state index contributed by atoms with van der Waals surface area (Å²) < 4.78 is 10.2. The van der Waals surface area contributed by atoms with E-state index in [4.69, 9.17) is 9.15 Å². The Kier molecular flexibility index (Phi) is 7.59. The van der Waals surface area contributed by atoms with Gasteiger partial charge in [0.15, 0.2) is 12.4 Å². The number of hydrogen-bond acceptors (Lipinski definition) is 5. The Bertz CT molecular complexity index is 1030. The van der Waals surface area contributed by atoms with Crippen molar-refractivity contribution in [1.29, 1.82) is 0 Å². The number of esters is 1. The van der Waals surface area contributed by atoms with Crippen LogP contribution < -0.4 is 10.6 Å². The van der Waals surface area contributed by atoms with E-state index in [9.17, 15) is 14.4 Å². The molecule has 3 aromatic rings. The molecule has 0 saturated carbocycles. The van der Waals surface area contributed by atoms with Crippen LogP contribution in [0.15, 0.2) is 71.3 Å². The number of aryl methyl sites for hydroxylation is 1. The van der Waals surface area contributed by atoms with E-state index >= 15 is 0 Å². The Morgan fingerprint density at radius 2 is 1.71 bits per heavy atom. The average Bonchev–Trinajstić information content (AvgIpc) is 3.32. The predicted molar refractivity (Wildman–Crippen MR) is 117 cm³/mol. The fourth-order valence-corrected chi connectivity index (χ4v) is 2.90. The van der Waals surface area contributed by atoms with E-state index in [1.54, 1.807) is 24.3 Å².